The number of anilines is 1. The van der Waals surface area contributed by atoms with Crippen LogP contribution in [-0.2, 0) is 0 Å². The monoisotopic (exact) mass is 205 g/mol. The van der Waals surface area contributed by atoms with Gasteiger partial charge in [0.15, 0.2) is 0 Å². The van der Waals surface area contributed by atoms with E-state index in [1.165, 1.54) is 12.8 Å². The Labute approximate surface area is 91.5 Å². The third-order valence-corrected chi connectivity index (χ3v) is 2.63. The molecule has 1 fully saturated rings. The zero-order chi connectivity index (χ0) is 10.8. The first-order valence-electron chi connectivity index (χ1n) is 5.71. The lowest BCUT2D eigenvalue weighted by molar-refractivity contribution is 0.633. The molecule has 0 aliphatic heterocycles. The molecule has 1 heterocycles. The Kier molecular flexibility index (Phi) is 2.89. The van der Waals surface area contributed by atoms with E-state index in [0.29, 0.717) is 11.8 Å². The molecule has 0 unspecified atom stereocenters. The van der Waals surface area contributed by atoms with Crippen LogP contribution in [0.25, 0.3) is 0 Å². The second-order valence-corrected chi connectivity index (χ2v) is 4.82. The first-order chi connectivity index (χ1) is 7.16. The minimum atomic E-state index is 0.636. The quantitative estimate of drug-likeness (QED) is 0.756. The molecule has 1 saturated carbocycles. The van der Waals surface area contributed by atoms with Crippen LogP contribution in [0.3, 0.4) is 0 Å². The summed E-state index contributed by atoms with van der Waals surface area (Å²) in [7, 11) is 2.10. The number of aromatic nitrogens is 2. The van der Waals surface area contributed by atoms with Crippen LogP contribution in [0.2, 0.25) is 0 Å². The predicted octanol–water partition coefficient (Wildman–Crippen LogP) is 2.45. The lowest BCUT2D eigenvalue weighted by Crippen LogP contribution is -2.23. The highest BCUT2D eigenvalue weighted by molar-refractivity contribution is 5.36. The van der Waals surface area contributed by atoms with E-state index in [9.17, 15) is 0 Å². The van der Waals surface area contributed by atoms with Crippen molar-refractivity contribution < 1.29 is 0 Å². The molecule has 0 atom stereocenters. The van der Waals surface area contributed by atoms with Gasteiger partial charge in [0.25, 0.3) is 0 Å². The summed E-state index contributed by atoms with van der Waals surface area (Å²) in [5, 5.41) is 0. The molecule has 2 rings (SSSR count). The summed E-state index contributed by atoms with van der Waals surface area (Å²) in [6.07, 6.45) is 4.40. The lowest BCUT2D eigenvalue weighted by Gasteiger charge is -2.20. The summed E-state index contributed by atoms with van der Waals surface area (Å²) in [6, 6.07) is 1.99. The number of hydrogen-bond acceptors (Lipinski definition) is 3. The summed E-state index contributed by atoms with van der Waals surface area (Å²) in [6.45, 7) is 5.49. The van der Waals surface area contributed by atoms with E-state index >= 15 is 0 Å². The minimum Gasteiger partial charge on any atom is -0.359 e. The van der Waals surface area contributed by atoms with Crippen molar-refractivity contribution in [3.63, 3.8) is 0 Å². The van der Waals surface area contributed by atoms with E-state index < -0.39 is 0 Å². The normalized spacial score (nSPS) is 15.7. The summed E-state index contributed by atoms with van der Waals surface area (Å²) < 4.78 is 0. The highest BCUT2D eigenvalue weighted by atomic mass is 15.2. The highest BCUT2D eigenvalue weighted by Gasteiger charge is 2.26. The van der Waals surface area contributed by atoms with Crippen molar-refractivity contribution in [3.8, 4) is 0 Å². The molecule has 1 aromatic heterocycles. The van der Waals surface area contributed by atoms with Gasteiger partial charge in [0.05, 0.1) is 0 Å². The Morgan fingerprint density at radius 2 is 2.20 bits per heavy atom. The van der Waals surface area contributed by atoms with Crippen molar-refractivity contribution in [1.29, 1.82) is 0 Å². The summed E-state index contributed by atoms with van der Waals surface area (Å²) in [4.78, 5) is 11.1. The van der Waals surface area contributed by atoms with Gasteiger partial charge in [-0.15, -0.1) is 0 Å². The predicted molar refractivity (Wildman–Crippen MR) is 62.1 cm³/mol. The van der Waals surface area contributed by atoms with Gasteiger partial charge in [-0.25, -0.2) is 9.97 Å². The molecule has 0 amide bonds. The van der Waals surface area contributed by atoms with E-state index in [2.05, 4.69) is 35.8 Å². The van der Waals surface area contributed by atoms with Gasteiger partial charge in [-0.2, -0.15) is 0 Å². The van der Waals surface area contributed by atoms with Crippen molar-refractivity contribution >= 4 is 5.82 Å². The fraction of sp³-hybridized carbons (Fsp3) is 0.667. The molecule has 0 radical (unpaired) electrons. The largest absolute Gasteiger partial charge is 0.359 e. The Hall–Kier alpha value is -1.12. The van der Waals surface area contributed by atoms with Crippen LogP contribution in [0.1, 0.15) is 38.4 Å². The molecule has 0 saturated heterocycles. The van der Waals surface area contributed by atoms with Gasteiger partial charge in [0.1, 0.15) is 11.6 Å². The lowest BCUT2D eigenvalue weighted by atomic mass is 10.2. The van der Waals surface area contributed by atoms with E-state index in [0.717, 1.165) is 18.2 Å². The molecule has 1 aliphatic carbocycles. The Bertz CT molecular complexity index is 331. The van der Waals surface area contributed by atoms with Crippen molar-refractivity contribution in [3.05, 3.63) is 18.1 Å². The second-order valence-electron chi connectivity index (χ2n) is 4.82. The van der Waals surface area contributed by atoms with Crippen LogP contribution in [0, 0.1) is 5.92 Å². The van der Waals surface area contributed by atoms with Gasteiger partial charge in [-0.1, -0.05) is 13.8 Å². The molecular formula is C12H19N3. The maximum atomic E-state index is 4.60. The summed E-state index contributed by atoms with van der Waals surface area (Å²) in [5.74, 6) is 3.38. The van der Waals surface area contributed by atoms with Crippen molar-refractivity contribution in [2.45, 2.75) is 32.6 Å². The van der Waals surface area contributed by atoms with Gasteiger partial charge in [0, 0.05) is 25.7 Å². The maximum absolute atomic E-state index is 4.60. The summed E-state index contributed by atoms with van der Waals surface area (Å²) in [5.41, 5.74) is 0. The van der Waals surface area contributed by atoms with Gasteiger partial charge in [-0.05, 0) is 24.8 Å². The maximum Gasteiger partial charge on any atom is 0.133 e. The molecule has 15 heavy (non-hydrogen) atoms. The van der Waals surface area contributed by atoms with Crippen LogP contribution in [0.4, 0.5) is 5.82 Å². The molecule has 3 nitrogen and oxygen atoms in total. The van der Waals surface area contributed by atoms with Crippen molar-refractivity contribution in [1.82, 2.24) is 9.97 Å². The van der Waals surface area contributed by atoms with E-state index in [-0.39, 0.29) is 0 Å². The van der Waals surface area contributed by atoms with Gasteiger partial charge in [0.2, 0.25) is 0 Å². The average Bonchev–Trinajstić information content (AvgIpc) is 3.00. The smallest absolute Gasteiger partial charge is 0.133 e. The molecule has 0 N–H and O–H groups in total. The van der Waals surface area contributed by atoms with Crippen LogP contribution in [-0.4, -0.2) is 23.6 Å². The molecule has 82 valence electrons. The Balaban J connectivity index is 2.09. The molecule has 0 spiro atoms. The minimum absolute atomic E-state index is 0.636. The molecule has 0 bridgehead atoms. The van der Waals surface area contributed by atoms with E-state index in [1.807, 2.05) is 12.3 Å². The first kappa shape index (κ1) is 10.4. The van der Waals surface area contributed by atoms with Gasteiger partial charge < -0.3 is 4.90 Å². The fourth-order valence-electron chi connectivity index (χ4n) is 1.76. The number of hydrogen-bond donors (Lipinski definition) is 0. The number of nitrogens with zero attached hydrogens (tertiary/aromatic N) is 3. The molecular weight excluding hydrogens is 186 g/mol. The molecule has 0 aromatic carbocycles. The summed E-state index contributed by atoms with van der Waals surface area (Å²) >= 11 is 0. The molecule has 3 heteroatoms. The van der Waals surface area contributed by atoms with Crippen LogP contribution in [0.5, 0.6) is 0 Å². The average molecular weight is 205 g/mol. The second kappa shape index (κ2) is 4.17. The topological polar surface area (TPSA) is 29.0 Å². The fourth-order valence-corrected chi connectivity index (χ4v) is 1.76. The van der Waals surface area contributed by atoms with Crippen LogP contribution < -0.4 is 4.90 Å². The first-order valence-corrected chi connectivity index (χ1v) is 5.71. The van der Waals surface area contributed by atoms with E-state index in [1.54, 1.807) is 0 Å². The third-order valence-electron chi connectivity index (χ3n) is 2.63. The Morgan fingerprint density at radius 1 is 1.47 bits per heavy atom. The standard InChI is InChI=1S/C12H19N3/c1-9(2)8-15(3)11-6-7-13-12(14-11)10-4-5-10/h6-7,9-10H,4-5,8H2,1-3H3. The zero-order valence-electron chi connectivity index (χ0n) is 9.77. The van der Waals surface area contributed by atoms with Crippen LogP contribution in [0.15, 0.2) is 12.3 Å². The molecule has 1 aliphatic rings. The Morgan fingerprint density at radius 3 is 2.80 bits per heavy atom. The SMILES string of the molecule is CC(C)CN(C)c1ccnc(C2CC2)n1. The van der Waals surface area contributed by atoms with Gasteiger partial charge in [-0.3, -0.25) is 0 Å². The van der Waals surface area contributed by atoms with Crippen LogP contribution >= 0.6 is 0 Å². The number of rotatable bonds is 4. The molecule has 1 aromatic rings. The van der Waals surface area contributed by atoms with Gasteiger partial charge >= 0.3 is 0 Å². The van der Waals surface area contributed by atoms with E-state index in [4.69, 9.17) is 0 Å². The zero-order valence-corrected chi connectivity index (χ0v) is 9.77. The van der Waals surface area contributed by atoms with Crippen molar-refractivity contribution in [2.24, 2.45) is 5.92 Å². The van der Waals surface area contributed by atoms with Crippen molar-refractivity contribution in [2.75, 3.05) is 18.5 Å². The highest BCUT2D eigenvalue weighted by Crippen LogP contribution is 2.38. The third kappa shape index (κ3) is 2.67.